The summed E-state index contributed by atoms with van der Waals surface area (Å²) in [4.78, 5) is 25.4. The molecule has 6 heteroatoms. The number of aliphatic carboxylic acids is 1. The molecule has 19 heavy (non-hydrogen) atoms. The maximum Gasteiger partial charge on any atom is 0.303 e. The Morgan fingerprint density at radius 1 is 1.42 bits per heavy atom. The molecule has 0 aromatic carbocycles. The Morgan fingerprint density at radius 3 is 2.74 bits per heavy atom. The number of rotatable bonds is 6. The van der Waals surface area contributed by atoms with Gasteiger partial charge in [-0.3, -0.25) is 9.59 Å². The van der Waals surface area contributed by atoms with Gasteiger partial charge in [0.2, 0.25) is 5.91 Å². The third kappa shape index (κ3) is 4.31. The number of carboxylic acid groups (broad SMARTS) is 1. The zero-order valence-corrected chi connectivity index (χ0v) is 12.9. The molecule has 0 unspecified atom stereocenters. The van der Waals surface area contributed by atoms with Crippen molar-refractivity contribution in [1.29, 1.82) is 0 Å². The summed E-state index contributed by atoms with van der Waals surface area (Å²) in [7, 11) is 0. The molecule has 0 radical (unpaired) electrons. The van der Waals surface area contributed by atoms with E-state index < -0.39 is 5.97 Å². The molecule has 1 aromatic heterocycles. The van der Waals surface area contributed by atoms with Crippen LogP contribution in [0.15, 0.2) is 15.9 Å². The summed E-state index contributed by atoms with van der Waals surface area (Å²) >= 11 is 5.12. The second-order valence-corrected chi connectivity index (χ2v) is 7.37. The summed E-state index contributed by atoms with van der Waals surface area (Å²) in [5.41, 5.74) is 0. The number of carboxylic acids is 1. The predicted molar refractivity (Wildman–Crippen MR) is 77.3 cm³/mol. The Labute approximate surface area is 124 Å². The van der Waals surface area contributed by atoms with Gasteiger partial charge < -0.3 is 10.0 Å². The van der Waals surface area contributed by atoms with Crippen LogP contribution in [-0.2, 0) is 16.0 Å². The lowest BCUT2D eigenvalue weighted by atomic mass is 9.96. The summed E-state index contributed by atoms with van der Waals surface area (Å²) in [5, 5.41) is 8.64. The van der Waals surface area contributed by atoms with Crippen LogP contribution in [0.5, 0.6) is 0 Å². The molecule has 1 N–H and O–H groups in total. The van der Waals surface area contributed by atoms with Gasteiger partial charge in [0, 0.05) is 30.3 Å². The van der Waals surface area contributed by atoms with Crippen LogP contribution < -0.4 is 0 Å². The topological polar surface area (TPSA) is 57.6 Å². The molecule has 1 aliphatic heterocycles. The first kappa shape index (κ1) is 14.5. The minimum absolute atomic E-state index is 0.148. The van der Waals surface area contributed by atoms with Crippen LogP contribution in [0, 0.1) is 5.92 Å². The maximum atomic E-state index is 11.8. The Morgan fingerprint density at radius 2 is 2.16 bits per heavy atom. The lowest BCUT2D eigenvalue weighted by molar-refractivity contribution is -0.145. The molecule has 0 bridgehead atoms. The molecule has 104 valence electrons. The van der Waals surface area contributed by atoms with Crippen molar-refractivity contribution in [2.45, 2.75) is 25.7 Å². The molecule has 1 amide bonds. The number of thiophene rings is 1. The zero-order chi connectivity index (χ0) is 13.8. The van der Waals surface area contributed by atoms with Crippen molar-refractivity contribution in [1.82, 2.24) is 4.90 Å². The minimum atomic E-state index is -0.777. The standard InChI is InChI=1S/C13H16BrNO3S/c14-11-5-4-10(19-11)2-1-3-12(16)15-7-9(8-15)6-13(17)18/h4-5,9H,1-3,6-8H2,(H,17,18). The number of hydrogen-bond donors (Lipinski definition) is 1. The monoisotopic (exact) mass is 345 g/mol. The Hall–Kier alpha value is -0.880. The Bertz CT molecular complexity index is 468. The molecule has 0 saturated carbocycles. The molecular weight excluding hydrogens is 330 g/mol. The largest absolute Gasteiger partial charge is 0.481 e. The average Bonchev–Trinajstić information content (AvgIpc) is 2.68. The molecule has 2 heterocycles. The van der Waals surface area contributed by atoms with Crippen LogP contribution in [0.4, 0.5) is 0 Å². The van der Waals surface area contributed by atoms with Crippen LogP contribution in [0.1, 0.15) is 24.1 Å². The van der Waals surface area contributed by atoms with Crippen molar-refractivity contribution < 1.29 is 14.7 Å². The smallest absolute Gasteiger partial charge is 0.303 e. The van der Waals surface area contributed by atoms with Gasteiger partial charge in [-0.1, -0.05) is 0 Å². The summed E-state index contributed by atoms with van der Waals surface area (Å²) in [6.07, 6.45) is 2.50. The van der Waals surface area contributed by atoms with Gasteiger partial charge in [0.25, 0.3) is 0 Å². The first-order chi connectivity index (χ1) is 9.04. The van der Waals surface area contributed by atoms with E-state index in [0.29, 0.717) is 19.5 Å². The molecule has 1 aromatic rings. The van der Waals surface area contributed by atoms with E-state index in [1.165, 1.54) is 4.88 Å². The Kier molecular flexibility index (Phi) is 4.99. The Balaban J connectivity index is 1.62. The lowest BCUT2D eigenvalue weighted by Gasteiger charge is -2.38. The van der Waals surface area contributed by atoms with Gasteiger partial charge in [0.15, 0.2) is 0 Å². The van der Waals surface area contributed by atoms with Gasteiger partial charge in [-0.25, -0.2) is 0 Å². The molecule has 0 spiro atoms. The number of aryl methyl sites for hydroxylation is 1. The third-order valence-corrected chi connectivity index (χ3v) is 4.90. The lowest BCUT2D eigenvalue weighted by Crippen LogP contribution is -2.50. The van der Waals surface area contributed by atoms with Crippen molar-refractivity contribution in [2.24, 2.45) is 5.92 Å². The van der Waals surface area contributed by atoms with E-state index in [1.807, 2.05) is 6.07 Å². The van der Waals surface area contributed by atoms with Gasteiger partial charge in [-0.15, -0.1) is 11.3 Å². The number of carbonyl (C=O) groups excluding carboxylic acids is 1. The maximum absolute atomic E-state index is 11.8. The van der Waals surface area contributed by atoms with Crippen LogP contribution in [0.2, 0.25) is 0 Å². The van der Waals surface area contributed by atoms with Gasteiger partial charge >= 0.3 is 5.97 Å². The first-order valence-electron chi connectivity index (χ1n) is 6.28. The molecule has 1 aliphatic rings. The molecule has 0 aliphatic carbocycles. The number of carbonyl (C=O) groups is 2. The number of halogens is 1. The van der Waals surface area contributed by atoms with Gasteiger partial charge in [0.05, 0.1) is 10.2 Å². The molecular formula is C13H16BrNO3S. The van der Waals surface area contributed by atoms with E-state index >= 15 is 0 Å². The molecule has 1 saturated heterocycles. The summed E-state index contributed by atoms with van der Waals surface area (Å²) in [6.45, 7) is 1.21. The highest BCUT2D eigenvalue weighted by atomic mass is 79.9. The van der Waals surface area contributed by atoms with Crippen LogP contribution in [-0.4, -0.2) is 35.0 Å². The molecule has 0 atom stereocenters. The average molecular weight is 346 g/mol. The van der Waals surface area contributed by atoms with Crippen LogP contribution in [0.25, 0.3) is 0 Å². The molecule has 4 nitrogen and oxygen atoms in total. The second kappa shape index (κ2) is 6.52. The van der Waals surface area contributed by atoms with Crippen LogP contribution in [0.3, 0.4) is 0 Å². The van der Waals surface area contributed by atoms with Crippen molar-refractivity contribution in [3.63, 3.8) is 0 Å². The SMILES string of the molecule is O=C(O)CC1CN(C(=O)CCCc2ccc(Br)s2)C1. The highest BCUT2D eigenvalue weighted by Gasteiger charge is 2.31. The van der Waals surface area contributed by atoms with E-state index in [4.69, 9.17) is 5.11 Å². The quantitative estimate of drug-likeness (QED) is 0.862. The summed E-state index contributed by atoms with van der Waals surface area (Å²) < 4.78 is 1.12. The van der Waals surface area contributed by atoms with E-state index in [2.05, 4.69) is 22.0 Å². The predicted octanol–water partition coefficient (Wildman–Crippen LogP) is 2.77. The van der Waals surface area contributed by atoms with Crippen molar-refractivity contribution in [2.75, 3.05) is 13.1 Å². The highest BCUT2D eigenvalue weighted by molar-refractivity contribution is 9.11. The van der Waals surface area contributed by atoms with Gasteiger partial charge in [-0.2, -0.15) is 0 Å². The van der Waals surface area contributed by atoms with Crippen molar-refractivity contribution in [3.05, 3.63) is 20.8 Å². The fourth-order valence-corrected chi connectivity index (χ4v) is 3.73. The number of hydrogen-bond acceptors (Lipinski definition) is 3. The zero-order valence-electron chi connectivity index (χ0n) is 10.5. The summed E-state index contributed by atoms with van der Waals surface area (Å²) in [6, 6.07) is 4.10. The number of amides is 1. The number of likely N-dealkylation sites (tertiary alicyclic amines) is 1. The van der Waals surface area contributed by atoms with E-state index in [9.17, 15) is 9.59 Å². The molecule has 1 fully saturated rings. The van der Waals surface area contributed by atoms with Gasteiger partial charge in [0.1, 0.15) is 0 Å². The second-order valence-electron chi connectivity index (χ2n) is 4.82. The third-order valence-electron chi connectivity index (χ3n) is 3.22. The van der Waals surface area contributed by atoms with Crippen molar-refractivity contribution >= 4 is 39.1 Å². The molecule has 2 rings (SSSR count). The summed E-state index contributed by atoms with van der Waals surface area (Å²) in [5.74, 6) is -0.479. The fraction of sp³-hybridized carbons (Fsp3) is 0.538. The fourth-order valence-electron chi connectivity index (χ4n) is 2.21. The van der Waals surface area contributed by atoms with Crippen LogP contribution >= 0.6 is 27.3 Å². The number of nitrogens with zero attached hydrogens (tertiary/aromatic N) is 1. The van der Waals surface area contributed by atoms with Gasteiger partial charge in [-0.05, 0) is 40.9 Å². The highest BCUT2D eigenvalue weighted by Crippen LogP contribution is 2.24. The first-order valence-corrected chi connectivity index (χ1v) is 7.89. The minimum Gasteiger partial charge on any atom is -0.481 e. The van der Waals surface area contributed by atoms with E-state index in [-0.39, 0.29) is 18.2 Å². The van der Waals surface area contributed by atoms with Crippen molar-refractivity contribution in [3.8, 4) is 0 Å². The van der Waals surface area contributed by atoms with E-state index in [1.54, 1.807) is 16.2 Å². The normalized spacial score (nSPS) is 15.3. The van der Waals surface area contributed by atoms with E-state index in [0.717, 1.165) is 16.6 Å².